The van der Waals surface area contributed by atoms with Gasteiger partial charge in [-0.2, -0.15) is 0 Å². The second-order valence-corrected chi connectivity index (χ2v) is 4.86. The smallest absolute Gasteiger partial charge is 0.251 e. The van der Waals surface area contributed by atoms with Gasteiger partial charge in [-0.15, -0.1) is 0 Å². The molecule has 0 saturated heterocycles. The van der Waals surface area contributed by atoms with Crippen molar-refractivity contribution in [1.29, 1.82) is 0 Å². The minimum Gasteiger partial charge on any atom is -0.492 e. The summed E-state index contributed by atoms with van der Waals surface area (Å²) in [7, 11) is 0. The van der Waals surface area contributed by atoms with Crippen molar-refractivity contribution in [1.82, 2.24) is 5.32 Å². The topological polar surface area (TPSA) is 81.4 Å². The van der Waals surface area contributed by atoms with Crippen LogP contribution < -0.4 is 15.8 Å². The predicted molar refractivity (Wildman–Crippen MR) is 84.0 cm³/mol. The van der Waals surface area contributed by atoms with Gasteiger partial charge in [-0.1, -0.05) is 17.7 Å². The summed E-state index contributed by atoms with van der Waals surface area (Å²) in [6.07, 6.45) is 0. The molecule has 0 bridgehead atoms. The van der Waals surface area contributed by atoms with Gasteiger partial charge in [-0.3, -0.25) is 9.59 Å². The fraction of sp³-hybridized carbons (Fsp3) is 0.176. The van der Waals surface area contributed by atoms with E-state index in [1.165, 1.54) is 17.7 Å². The van der Waals surface area contributed by atoms with Gasteiger partial charge in [0.2, 0.25) is 5.91 Å². The van der Waals surface area contributed by atoms with Crippen molar-refractivity contribution in [2.75, 3.05) is 13.2 Å². The number of aryl methyl sites for hydroxylation is 1. The zero-order valence-corrected chi connectivity index (χ0v) is 12.3. The number of nitrogens with one attached hydrogen (secondary N) is 1. The van der Waals surface area contributed by atoms with Gasteiger partial charge in [-0.05, 0) is 43.3 Å². The van der Waals surface area contributed by atoms with Gasteiger partial charge in [0.05, 0.1) is 6.54 Å². The molecule has 0 atom stereocenters. The van der Waals surface area contributed by atoms with Gasteiger partial charge in [0.1, 0.15) is 12.4 Å². The van der Waals surface area contributed by atoms with Crippen LogP contribution in [0.4, 0.5) is 0 Å². The number of hydrogen-bond donors (Lipinski definition) is 2. The largest absolute Gasteiger partial charge is 0.492 e. The fourth-order valence-corrected chi connectivity index (χ4v) is 1.86. The molecule has 0 aliphatic rings. The van der Waals surface area contributed by atoms with E-state index < -0.39 is 5.91 Å². The maximum absolute atomic E-state index is 11.9. The van der Waals surface area contributed by atoms with Crippen molar-refractivity contribution in [3.05, 3.63) is 65.2 Å². The van der Waals surface area contributed by atoms with E-state index in [0.29, 0.717) is 24.3 Å². The van der Waals surface area contributed by atoms with Crippen molar-refractivity contribution in [2.24, 2.45) is 5.73 Å². The van der Waals surface area contributed by atoms with Gasteiger partial charge in [0.25, 0.3) is 5.91 Å². The molecule has 0 aromatic heterocycles. The number of rotatable bonds is 6. The molecular weight excluding hydrogens is 280 g/mol. The Morgan fingerprint density at radius 2 is 1.59 bits per heavy atom. The number of amides is 2. The highest BCUT2D eigenvalue weighted by molar-refractivity contribution is 5.97. The molecule has 0 spiro atoms. The van der Waals surface area contributed by atoms with Gasteiger partial charge >= 0.3 is 0 Å². The Morgan fingerprint density at radius 1 is 1.00 bits per heavy atom. The first-order valence-electron chi connectivity index (χ1n) is 6.94. The lowest BCUT2D eigenvalue weighted by Gasteiger charge is -2.08. The highest BCUT2D eigenvalue weighted by Crippen LogP contribution is 2.10. The summed E-state index contributed by atoms with van der Waals surface area (Å²) in [5.41, 5.74) is 7.16. The number of carbonyl (C=O) groups excluding carboxylic acids is 2. The summed E-state index contributed by atoms with van der Waals surface area (Å²) in [6.45, 7) is 2.78. The summed E-state index contributed by atoms with van der Waals surface area (Å²) in [6, 6.07) is 13.9. The molecule has 0 radical (unpaired) electrons. The van der Waals surface area contributed by atoms with Crippen molar-refractivity contribution in [3.63, 3.8) is 0 Å². The fourth-order valence-electron chi connectivity index (χ4n) is 1.86. The molecule has 22 heavy (non-hydrogen) atoms. The number of nitrogens with two attached hydrogens (primary N) is 1. The van der Waals surface area contributed by atoms with Crippen LogP contribution in [-0.2, 0) is 0 Å². The van der Waals surface area contributed by atoms with Gasteiger partial charge in [-0.25, -0.2) is 0 Å². The third kappa shape index (κ3) is 4.34. The highest BCUT2D eigenvalue weighted by atomic mass is 16.5. The first-order chi connectivity index (χ1) is 10.6. The molecule has 0 fully saturated rings. The molecule has 5 nitrogen and oxygen atoms in total. The molecule has 114 valence electrons. The number of hydrogen-bond acceptors (Lipinski definition) is 3. The summed E-state index contributed by atoms with van der Waals surface area (Å²) in [4.78, 5) is 22.9. The maximum atomic E-state index is 11.9. The molecule has 2 aromatic rings. The van der Waals surface area contributed by atoms with E-state index in [-0.39, 0.29) is 5.91 Å². The van der Waals surface area contributed by atoms with E-state index >= 15 is 0 Å². The summed E-state index contributed by atoms with van der Waals surface area (Å²) >= 11 is 0. The summed E-state index contributed by atoms with van der Waals surface area (Å²) in [5.74, 6) is 0.0349. The lowest BCUT2D eigenvalue weighted by atomic mass is 10.1. The van der Waals surface area contributed by atoms with Gasteiger partial charge in [0.15, 0.2) is 0 Å². The van der Waals surface area contributed by atoms with E-state index in [1.807, 2.05) is 31.2 Å². The van der Waals surface area contributed by atoms with E-state index in [4.69, 9.17) is 10.5 Å². The standard InChI is InChI=1S/C17H18N2O3/c1-12-2-8-15(9-3-12)22-11-10-19-17(21)14-6-4-13(5-7-14)16(18)20/h2-9H,10-11H2,1H3,(H2,18,20)(H,19,21). The molecular formula is C17H18N2O3. The zero-order chi connectivity index (χ0) is 15.9. The van der Waals surface area contributed by atoms with Crippen LogP contribution >= 0.6 is 0 Å². The molecule has 5 heteroatoms. The van der Waals surface area contributed by atoms with Gasteiger partial charge < -0.3 is 15.8 Å². The Balaban J connectivity index is 1.77. The van der Waals surface area contributed by atoms with E-state index in [2.05, 4.69) is 5.32 Å². The number of benzene rings is 2. The minimum absolute atomic E-state index is 0.219. The average molecular weight is 298 g/mol. The Kier molecular flexibility index (Phi) is 5.14. The normalized spacial score (nSPS) is 10.0. The molecule has 3 N–H and O–H groups in total. The maximum Gasteiger partial charge on any atom is 0.251 e. The monoisotopic (exact) mass is 298 g/mol. The van der Waals surface area contributed by atoms with E-state index in [9.17, 15) is 9.59 Å². The molecule has 0 heterocycles. The molecule has 0 aliphatic heterocycles. The number of ether oxygens (including phenoxy) is 1. The first kappa shape index (κ1) is 15.6. The first-order valence-corrected chi connectivity index (χ1v) is 6.94. The minimum atomic E-state index is -0.515. The lowest BCUT2D eigenvalue weighted by molar-refractivity contribution is 0.0944. The van der Waals surface area contributed by atoms with E-state index in [0.717, 1.165) is 5.75 Å². The third-order valence-electron chi connectivity index (χ3n) is 3.11. The molecule has 0 unspecified atom stereocenters. The Hall–Kier alpha value is -2.82. The van der Waals surface area contributed by atoms with Crippen LogP contribution in [-0.4, -0.2) is 25.0 Å². The summed E-state index contributed by atoms with van der Waals surface area (Å²) in [5, 5.41) is 2.75. The summed E-state index contributed by atoms with van der Waals surface area (Å²) < 4.78 is 5.52. The quantitative estimate of drug-likeness (QED) is 0.799. The second-order valence-electron chi connectivity index (χ2n) is 4.86. The Bertz CT molecular complexity index is 649. The van der Waals surface area contributed by atoms with Crippen LogP contribution in [0.1, 0.15) is 26.3 Å². The van der Waals surface area contributed by atoms with E-state index in [1.54, 1.807) is 12.1 Å². The number of carbonyl (C=O) groups is 2. The third-order valence-corrected chi connectivity index (χ3v) is 3.11. The highest BCUT2D eigenvalue weighted by Gasteiger charge is 2.06. The van der Waals surface area contributed by atoms with Crippen molar-refractivity contribution < 1.29 is 14.3 Å². The van der Waals surface area contributed by atoms with Gasteiger partial charge in [0, 0.05) is 11.1 Å². The molecule has 2 rings (SSSR count). The van der Waals surface area contributed by atoms with Crippen LogP contribution in [0.5, 0.6) is 5.75 Å². The van der Waals surface area contributed by atoms with Crippen molar-refractivity contribution in [2.45, 2.75) is 6.92 Å². The van der Waals surface area contributed by atoms with Crippen LogP contribution in [0.25, 0.3) is 0 Å². The molecule has 2 aromatic carbocycles. The number of primary amides is 1. The van der Waals surface area contributed by atoms with Crippen LogP contribution in [0.2, 0.25) is 0 Å². The van der Waals surface area contributed by atoms with Crippen LogP contribution in [0.3, 0.4) is 0 Å². The lowest BCUT2D eigenvalue weighted by Crippen LogP contribution is -2.28. The van der Waals surface area contributed by atoms with Crippen molar-refractivity contribution in [3.8, 4) is 5.75 Å². The Labute approximate surface area is 129 Å². The Morgan fingerprint density at radius 3 is 2.18 bits per heavy atom. The molecule has 0 aliphatic carbocycles. The zero-order valence-electron chi connectivity index (χ0n) is 12.3. The average Bonchev–Trinajstić information content (AvgIpc) is 2.53. The SMILES string of the molecule is Cc1ccc(OCCNC(=O)c2ccc(C(N)=O)cc2)cc1. The predicted octanol–water partition coefficient (Wildman–Crippen LogP) is 1.90. The van der Waals surface area contributed by atoms with Crippen molar-refractivity contribution >= 4 is 11.8 Å². The van der Waals surface area contributed by atoms with Crippen LogP contribution in [0.15, 0.2) is 48.5 Å². The second kappa shape index (κ2) is 7.26. The van der Waals surface area contributed by atoms with Crippen LogP contribution in [0, 0.1) is 6.92 Å². The molecule has 0 saturated carbocycles. The molecule has 2 amide bonds.